The standard InChI is InChI=1S/C19H25N5O.2ClH/c1-13-12-17(22-14(2)21-13)24-10-8-16(9-11-24)23-19(25)18(20)15-6-4-3-5-7-15;;/h3-7,12,16,18H,8-11,20H2,1-2H3,(H,23,25);2*1H. The first-order chi connectivity index (χ1) is 12.0. The molecular formula is C19H27Cl2N5O. The minimum Gasteiger partial charge on any atom is -0.356 e. The number of nitrogens with zero attached hydrogens (tertiary/aromatic N) is 3. The molecule has 3 rings (SSSR count). The van der Waals surface area contributed by atoms with Crippen molar-refractivity contribution in [3.63, 3.8) is 0 Å². The molecule has 1 aromatic carbocycles. The second-order valence-corrected chi connectivity index (χ2v) is 6.57. The van der Waals surface area contributed by atoms with Crippen molar-refractivity contribution in [2.75, 3.05) is 18.0 Å². The molecule has 0 radical (unpaired) electrons. The molecule has 1 atom stereocenters. The molecule has 1 fully saturated rings. The Kier molecular flexibility index (Phi) is 8.96. The number of nitrogens with one attached hydrogen (secondary N) is 1. The van der Waals surface area contributed by atoms with E-state index in [0.29, 0.717) is 0 Å². The Morgan fingerprint density at radius 3 is 2.37 bits per heavy atom. The number of carbonyl (C=O) groups excluding carboxylic acids is 1. The molecule has 1 aliphatic heterocycles. The van der Waals surface area contributed by atoms with Gasteiger partial charge in [-0.25, -0.2) is 9.97 Å². The third kappa shape index (κ3) is 6.06. The first-order valence-corrected chi connectivity index (χ1v) is 8.71. The van der Waals surface area contributed by atoms with Crippen LogP contribution in [0.4, 0.5) is 5.82 Å². The summed E-state index contributed by atoms with van der Waals surface area (Å²) in [5.41, 5.74) is 7.88. The van der Waals surface area contributed by atoms with E-state index in [-0.39, 0.29) is 36.8 Å². The third-order valence-corrected chi connectivity index (χ3v) is 4.56. The van der Waals surface area contributed by atoms with Crippen molar-refractivity contribution in [2.45, 2.75) is 38.8 Å². The van der Waals surface area contributed by atoms with Crippen molar-refractivity contribution in [1.29, 1.82) is 0 Å². The van der Waals surface area contributed by atoms with E-state index in [0.717, 1.165) is 48.8 Å². The van der Waals surface area contributed by atoms with Crippen LogP contribution in [-0.4, -0.2) is 35.0 Å². The van der Waals surface area contributed by atoms with Gasteiger partial charge in [0.1, 0.15) is 17.7 Å². The highest BCUT2D eigenvalue weighted by atomic mass is 35.5. The van der Waals surface area contributed by atoms with Gasteiger partial charge in [-0.05, 0) is 32.3 Å². The van der Waals surface area contributed by atoms with E-state index >= 15 is 0 Å². The summed E-state index contributed by atoms with van der Waals surface area (Å²) in [5.74, 6) is 1.65. The number of hydrogen-bond acceptors (Lipinski definition) is 5. The maximum absolute atomic E-state index is 12.4. The van der Waals surface area contributed by atoms with Crippen LogP contribution < -0.4 is 16.0 Å². The van der Waals surface area contributed by atoms with Gasteiger partial charge in [0.15, 0.2) is 0 Å². The lowest BCUT2D eigenvalue weighted by Gasteiger charge is -2.33. The molecule has 8 heteroatoms. The van der Waals surface area contributed by atoms with E-state index < -0.39 is 6.04 Å². The maximum Gasteiger partial charge on any atom is 0.241 e. The largest absolute Gasteiger partial charge is 0.356 e. The Morgan fingerprint density at radius 2 is 1.78 bits per heavy atom. The van der Waals surface area contributed by atoms with Gasteiger partial charge in [0.2, 0.25) is 5.91 Å². The summed E-state index contributed by atoms with van der Waals surface area (Å²) in [4.78, 5) is 23.5. The molecule has 1 saturated heterocycles. The summed E-state index contributed by atoms with van der Waals surface area (Å²) in [6.07, 6.45) is 1.77. The molecule has 1 amide bonds. The van der Waals surface area contributed by atoms with Crippen molar-refractivity contribution in [2.24, 2.45) is 5.73 Å². The van der Waals surface area contributed by atoms with E-state index in [1.54, 1.807) is 0 Å². The van der Waals surface area contributed by atoms with Crippen molar-refractivity contribution in [3.05, 3.63) is 53.5 Å². The highest BCUT2D eigenvalue weighted by Gasteiger charge is 2.24. The lowest BCUT2D eigenvalue weighted by atomic mass is 10.0. The number of aryl methyl sites for hydroxylation is 2. The van der Waals surface area contributed by atoms with E-state index in [1.165, 1.54) is 0 Å². The number of hydrogen-bond donors (Lipinski definition) is 2. The van der Waals surface area contributed by atoms with Gasteiger partial charge in [-0.15, -0.1) is 24.8 Å². The second kappa shape index (κ2) is 10.4. The Hall–Kier alpha value is -1.89. The molecule has 27 heavy (non-hydrogen) atoms. The topological polar surface area (TPSA) is 84.1 Å². The van der Waals surface area contributed by atoms with E-state index in [4.69, 9.17) is 5.73 Å². The van der Waals surface area contributed by atoms with Crippen molar-refractivity contribution in [3.8, 4) is 0 Å². The average Bonchev–Trinajstić information content (AvgIpc) is 2.61. The molecule has 0 saturated carbocycles. The van der Waals surface area contributed by atoms with E-state index in [1.807, 2.05) is 50.2 Å². The SMILES string of the molecule is Cc1cc(N2CCC(NC(=O)C(N)c3ccccc3)CC2)nc(C)n1.Cl.Cl. The number of amides is 1. The Labute approximate surface area is 172 Å². The van der Waals surface area contributed by atoms with E-state index in [9.17, 15) is 4.79 Å². The number of halogens is 2. The number of aromatic nitrogens is 2. The fourth-order valence-corrected chi connectivity index (χ4v) is 3.22. The molecule has 6 nitrogen and oxygen atoms in total. The zero-order valence-electron chi connectivity index (χ0n) is 15.6. The molecular weight excluding hydrogens is 385 g/mol. The van der Waals surface area contributed by atoms with Crippen LogP contribution >= 0.6 is 24.8 Å². The number of nitrogens with two attached hydrogens (primary N) is 1. The highest BCUT2D eigenvalue weighted by molar-refractivity contribution is 5.85. The Bertz CT molecular complexity index is 716. The molecule has 0 bridgehead atoms. The maximum atomic E-state index is 12.4. The molecule has 1 aromatic heterocycles. The van der Waals surface area contributed by atoms with Crippen LogP contribution in [-0.2, 0) is 4.79 Å². The number of benzene rings is 1. The van der Waals surface area contributed by atoms with Crippen LogP contribution in [0.3, 0.4) is 0 Å². The van der Waals surface area contributed by atoms with Gasteiger partial charge in [0.05, 0.1) is 0 Å². The van der Waals surface area contributed by atoms with Gasteiger partial charge < -0.3 is 16.0 Å². The zero-order chi connectivity index (χ0) is 17.8. The third-order valence-electron chi connectivity index (χ3n) is 4.56. The molecule has 1 unspecified atom stereocenters. The van der Waals surface area contributed by atoms with Crippen LogP contribution in [0.2, 0.25) is 0 Å². The van der Waals surface area contributed by atoms with Gasteiger partial charge in [0.25, 0.3) is 0 Å². The summed E-state index contributed by atoms with van der Waals surface area (Å²) >= 11 is 0. The predicted octanol–water partition coefficient (Wildman–Crippen LogP) is 2.72. The fourth-order valence-electron chi connectivity index (χ4n) is 3.22. The number of rotatable bonds is 4. The smallest absolute Gasteiger partial charge is 0.241 e. The molecule has 1 aliphatic rings. The average molecular weight is 412 g/mol. The number of anilines is 1. The lowest BCUT2D eigenvalue weighted by molar-refractivity contribution is -0.123. The van der Waals surface area contributed by atoms with Crippen LogP contribution in [0, 0.1) is 13.8 Å². The summed E-state index contributed by atoms with van der Waals surface area (Å²) in [6.45, 7) is 5.62. The first-order valence-electron chi connectivity index (χ1n) is 8.71. The molecule has 2 heterocycles. The predicted molar refractivity (Wildman–Crippen MR) is 113 cm³/mol. The zero-order valence-corrected chi connectivity index (χ0v) is 17.2. The number of carbonyl (C=O) groups is 1. The molecule has 3 N–H and O–H groups in total. The van der Waals surface area contributed by atoms with Crippen LogP contribution in [0.5, 0.6) is 0 Å². The van der Waals surface area contributed by atoms with Crippen LogP contribution in [0.1, 0.15) is 36.0 Å². The molecule has 148 valence electrons. The van der Waals surface area contributed by atoms with Gasteiger partial charge in [-0.2, -0.15) is 0 Å². The van der Waals surface area contributed by atoms with E-state index in [2.05, 4.69) is 20.2 Å². The summed E-state index contributed by atoms with van der Waals surface area (Å²) in [5, 5.41) is 3.09. The number of piperidine rings is 1. The Morgan fingerprint density at radius 1 is 1.15 bits per heavy atom. The summed E-state index contributed by atoms with van der Waals surface area (Å²) in [6, 6.07) is 11.0. The first kappa shape index (κ1) is 23.1. The van der Waals surface area contributed by atoms with Crippen molar-refractivity contribution in [1.82, 2.24) is 15.3 Å². The van der Waals surface area contributed by atoms with Gasteiger partial charge in [-0.3, -0.25) is 4.79 Å². The normalized spacial score (nSPS) is 15.3. The highest BCUT2D eigenvalue weighted by Crippen LogP contribution is 2.19. The quantitative estimate of drug-likeness (QED) is 0.807. The van der Waals surface area contributed by atoms with Gasteiger partial charge in [0, 0.05) is 30.9 Å². The molecule has 2 aromatic rings. The van der Waals surface area contributed by atoms with Crippen LogP contribution in [0.25, 0.3) is 0 Å². The van der Waals surface area contributed by atoms with Crippen molar-refractivity contribution >= 4 is 36.5 Å². The van der Waals surface area contributed by atoms with Gasteiger partial charge >= 0.3 is 0 Å². The molecule has 0 spiro atoms. The fraction of sp³-hybridized carbons (Fsp3) is 0.421. The Balaban J connectivity index is 0.00000182. The van der Waals surface area contributed by atoms with Gasteiger partial charge in [-0.1, -0.05) is 30.3 Å². The summed E-state index contributed by atoms with van der Waals surface area (Å²) < 4.78 is 0. The van der Waals surface area contributed by atoms with Crippen LogP contribution in [0.15, 0.2) is 36.4 Å². The minimum absolute atomic E-state index is 0. The minimum atomic E-state index is -0.619. The molecule has 0 aliphatic carbocycles. The second-order valence-electron chi connectivity index (χ2n) is 6.57. The lowest BCUT2D eigenvalue weighted by Crippen LogP contribution is -2.47. The summed E-state index contributed by atoms with van der Waals surface area (Å²) in [7, 11) is 0. The monoisotopic (exact) mass is 411 g/mol. The van der Waals surface area contributed by atoms with Crippen molar-refractivity contribution < 1.29 is 4.79 Å².